The second kappa shape index (κ2) is 5.55. The van der Waals surface area contributed by atoms with Crippen LogP contribution in [0.5, 0.6) is 0 Å². The van der Waals surface area contributed by atoms with Crippen LogP contribution in [0, 0.1) is 5.92 Å². The molecule has 5 nitrogen and oxygen atoms in total. The Hall–Kier alpha value is -1.31. The van der Waals surface area contributed by atoms with Crippen molar-refractivity contribution in [3.63, 3.8) is 0 Å². The Morgan fingerprint density at radius 3 is 2.83 bits per heavy atom. The normalized spacial score (nSPS) is 12.7. The summed E-state index contributed by atoms with van der Waals surface area (Å²) in [4.78, 5) is 11.8. The van der Waals surface area contributed by atoms with Crippen molar-refractivity contribution in [2.45, 2.75) is 19.9 Å². The molecule has 2 heterocycles. The maximum absolute atomic E-state index is 11.8. The molecule has 0 aromatic carbocycles. The van der Waals surface area contributed by atoms with Crippen molar-refractivity contribution in [3.8, 4) is 10.6 Å². The molecule has 2 rings (SSSR count). The second-order valence-electron chi connectivity index (χ2n) is 4.18. The fourth-order valence-corrected chi connectivity index (χ4v) is 2.73. The van der Waals surface area contributed by atoms with Gasteiger partial charge in [-0.15, -0.1) is 10.2 Å². The Labute approximate surface area is 113 Å². The average Bonchev–Trinajstić information content (AvgIpc) is 2.96. The SMILES string of the molecule is CC(C)[C@H](N)C(=O)Nc1nnc(-c2ccsc2)s1. The van der Waals surface area contributed by atoms with Crippen LogP contribution in [0.2, 0.25) is 0 Å². The van der Waals surface area contributed by atoms with Crippen LogP contribution in [0.4, 0.5) is 5.13 Å². The van der Waals surface area contributed by atoms with Crippen LogP contribution in [0.1, 0.15) is 13.8 Å². The highest BCUT2D eigenvalue weighted by atomic mass is 32.1. The number of hydrogen-bond donors (Lipinski definition) is 2. The third-order valence-corrected chi connectivity index (χ3v) is 4.02. The molecular weight excluding hydrogens is 268 g/mol. The first-order chi connectivity index (χ1) is 8.58. The Morgan fingerprint density at radius 2 is 2.22 bits per heavy atom. The van der Waals surface area contributed by atoms with Crippen molar-refractivity contribution in [1.29, 1.82) is 0 Å². The van der Waals surface area contributed by atoms with Gasteiger partial charge in [-0.3, -0.25) is 10.1 Å². The lowest BCUT2D eigenvalue weighted by molar-refractivity contribution is -0.118. The van der Waals surface area contributed by atoms with Gasteiger partial charge in [0.25, 0.3) is 0 Å². The predicted molar refractivity (Wildman–Crippen MR) is 74.7 cm³/mol. The van der Waals surface area contributed by atoms with Crippen molar-refractivity contribution < 1.29 is 4.79 Å². The Bertz CT molecular complexity index is 521. The minimum absolute atomic E-state index is 0.0919. The number of anilines is 1. The van der Waals surface area contributed by atoms with E-state index < -0.39 is 6.04 Å². The van der Waals surface area contributed by atoms with Crippen LogP contribution < -0.4 is 11.1 Å². The first-order valence-corrected chi connectivity index (χ1v) is 7.26. The summed E-state index contributed by atoms with van der Waals surface area (Å²) in [7, 11) is 0. The number of nitrogens with one attached hydrogen (secondary N) is 1. The number of rotatable bonds is 4. The minimum Gasteiger partial charge on any atom is -0.320 e. The standard InChI is InChI=1S/C11H14N4OS2/c1-6(2)8(12)9(16)13-11-15-14-10(18-11)7-3-4-17-5-7/h3-6,8H,12H2,1-2H3,(H,13,15,16)/t8-/m0/s1. The number of amides is 1. The van der Waals surface area contributed by atoms with Crippen LogP contribution >= 0.6 is 22.7 Å². The third kappa shape index (κ3) is 2.92. The molecule has 0 aliphatic rings. The zero-order valence-corrected chi connectivity index (χ0v) is 11.7. The predicted octanol–water partition coefficient (Wildman–Crippen LogP) is 2.19. The van der Waals surface area contributed by atoms with Crippen LogP contribution in [0.25, 0.3) is 10.6 Å². The van der Waals surface area contributed by atoms with Gasteiger partial charge in [-0.2, -0.15) is 11.3 Å². The van der Waals surface area contributed by atoms with E-state index in [-0.39, 0.29) is 11.8 Å². The lowest BCUT2D eigenvalue weighted by atomic mass is 10.1. The van der Waals surface area contributed by atoms with Gasteiger partial charge in [0.05, 0.1) is 6.04 Å². The monoisotopic (exact) mass is 282 g/mol. The van der Waals surface area contributed by atoms with E-state index in [9.17, 15) is 4.79 Å². The van der Waals surface area contributed by atoms with E-state index in [0.29, 0.717) is 5.13 Å². The van der Waals surface area contributed by atoms with E-state index in [1.807, 2.05) is 30.7 Å². The molecule has 0 aliphatic heterocycles. The maximum Gasteiger partial charge on any atom is 0.243 e. The number of aromatic nitrogens is 2. The van der Waals surface area contributed by atoms with Crippen molar-refractivity contribution in [2.24, 2.45) is 11.7 Å². The highest BCUT2D eigenvalue weighted by molar-refractivity contribution is 7.19. The third-order valence-electron chi connectivity index (χ3n) is 2.44. The quantitative estimate of drug-likeness (QED) is 0.900. The molecule has 96 valence electrons. The molecule has 0 fully saturated rings. The number of carbonyl (C=O) groups excluding carboxylic acids is 1. The van der Waals surface area contributed by atoms with Crippen molar-refractivity contribution in [1.82, 2.24) is 10.2 Å². The van der Waals surface area contributed by atoms with Crippen LogP contribution in [-0.4, -0.2) is 22.1 Å². The molecule has 0 saturated carbocycles. The van der Waals surface area contributed by atoms with Crippen molar-refractivity contribution >= 4 is 33.7 Å². The number of thiophene rings is 1. The number of carbonyl (C=O) groups is 1. The minimum atomic E-state index is -0.529. The first kappa shape index (κ1) is 13.1. The summed E-state index contributed by atoms with van der Waals surface area (Å²) < 4.78 is 0. The summed E-state index contributed by atoms with van der Waals surface area (Å²) in [6.45, 7) is 3.81. The molecule has 0 saturated heterocycles. The van der Waals surface area contributed by atoms with Crippen LogP contribution in [-0.2, 0) is 4.79 Å². The summed E-state index contributed by atoms with van der Waals surface area (Å²) in [6.07, 6.45) is 0. The van der Waals surface area contributed by atoms with Gasteiger partial charge in [0.15, 0.2) is 0 Å². The number of nitrogens with two attached hydrogens (primary N) is 1. The summed E-state index contributed by atoms with van der Waals surface area (Å²) >= 11 is 2.94. The van der Waals surface area contributed by atoms with Gasteiger partial charge < -0.3 is 5.73 Å². The molecule has 2 aromatic heterocycles. The van der Waals surface area contributed by atoms with E-state index in [1.54, 1.807) is 11.3 Å². The highest BCUT2D eigenvalue weighted by Crippen LogP contribution is 2.27. The molecule has 0 unspecified atom stereocenters. The molecule has 0 aliphatic carbocycles. The molecule has 0 radical (unpaired) electrons. The van der Waals surface area contributed by atoms with Gasteiger partial charge in [-0.25, -0.2) is 0 Å². The average molecular weight is 282 g/mol. The van der Waals surface area contributed by atoms with E-state index in [1.165, 1.54) is 11.3 Å². The van der Waals surface area contributed by atoms with E-state index in [4.69, 9.17) is 5.73 Å². The molecule has 2 aromatic rings. The Morgan fingerprint density at radius 1 is 1.44 bits per heavy atom. The molecule has 1 amide bonds. The molecule has 7 heteroatoms. The lowest BCUT2D eigenvalue weighted by Gasteiger charge is -2.13. The molecule has 0 spiro atoms. The smallest absolute Gasteiger partial charge is 0.243 e. The van der Waals surface area contributed by atoms with Gasteiger partial charge in [0.2, 0.25) is 11.0 Å². The number of nitrogens with zero attached hydrogens (tertiary/aromatic N) is 2. The summed E-state index contributed by atoms with van der Waals surface area (Å²) in [5, 5.41) is 15.9. The Balaban J connectivity index is 2.05. The van der Waals surface area contributed by atoms with Crippen molar-refractivity contribution in [3.05, 3.63) is 16.8 Å². The molecule has 18 heavy (non-hydrogen) atoms. The highest BCUT2D eigenvalue weighted by Gasteiger charge is 2.19. The maximum atomic E-state index is 11.8. The molecule has 1 atom stereocenters. The van der Waals surface area contributed by atoms with E-state index in [2.05, 4.69) is 15.5 Å². The summed E-state index contributed by atoms with van der Waals surface area (Å²) in [6, 6.07) is 1.44. The molecule has 0 bridgehead atoms. The van der Waals surface area contributed by atoms with Crippen LogP contribution in [0.15, 0.2) is 16.8 Å². The van der Waals surface area contributed by atoms with Crippen LogP contribution in [0.3, 0.4) is 0 Å². The van der Waals surface area contributed by atoms with Gasteiger partial charge in [-0.05, 0) is 17.4 Å². The summed E-state index contributed by atoms with van der Waals surface area (Å²) in [5.74, 6) is -0.132. The van der Waals surface area contributed by atoms with Gasteiger partial charge in [-0.1, -0.05) is 25.2 Å². The first-order valence-electron chi connectivity index (χ1n) is 5.50. The molecular formula is C11H14N4OS2. The van der Waals surface area contributed by atoms with Gasteiger partial charge in [0.1, 0.15) is 5.01 Å². The van der Waals surface area contributed by atoms with E-state index >= 15 is 0 Å². The Kier molecular flexibility index (Phi) is 4.05. The van der Waals surface area contributed by atoms with Crippen molar-refractivity contribution in [2.75, 3.05) is 5.32 Å². The van der Waals surface area contributed by atoms with Gasteiger partial charge >= 0.3 is 0 Å². The molecule has 3 N–H and O–H groups in total. The summed E-state index contributed by atoms with van der Waals surface area (Å²) in [5.41, 5.74) is 6.77. The zero-order chi connectivity index (χ0) is 13.1. The number of hydrogen-bond acceptors (Lipinski definition) is 6. The zero-order valence-electron chi connectivity index (χ0n) is 10.1. The van der Waals surface area contributed by atoms with E-state index in [0.717, 1.165) is 10.6 Å². The largest absolute Gasteiger partial charge is 0.320 e. The topological polar surface area (TPSA) is 80.9 Å². The fraction of sp³-hybridized carbons (Fsp3) is 0.364. The fourth-order valence-electron chi connectivity index (χ4n) is 1.27. The lowest BCUT2D eigenvalue weighted by Crippen LogP contribution is -2.39. The van der Waals surface area contributed by atoms with Gasteiger partial charge in [0, 0.05) is 10.9 Å². The second-order valence-corrected chi connectivity index (χ2v) is 5.94.